The first-order valence-electron chi connectivity index (χ1n) is 13.3. The minimum atomic E-state index is -1.10. The Balaban J connectivity index is 0.000000923. The number of para-hydroxylation sites is 3. The van der Waals surface area contributed by atoms with Gasteiger partial charge in [0.25, 0.3) is 11.8 Å². The van der Waals surface area contributed by atoms with Crippen molar-refractivity contribution >= 4 is 84.9 Å². The van der Waals surface area contributed by atoms with E-state index in [2.05, 4.69) is 70.7 Å². The van der Waals surface area contributed by atoms with Crippen LogP contribution in [-0.2, 0) is 33.0 Å². The second-order valence-electron chi connectivity index (χ2n) is 10.8. The molecule has 5 aliphatic heterocycles. The van der Waals surface area contributed by atoms with Gasteiger partial charge in [-0.15, -0.1) is 0 Å². The van der Waals surface area contributed by atoms with E-state index < -0.39 is 27.2 Å². The van der Waals surface area contributed by atoms with E-state index in [0.717, 1.165) is 22.5 Å². The number of hydrogen-bond donors (Lipinski definition) is 1. The minimum Gasteiger partial charge on any atom is -0.361 e. The second kappa shape index (κ2) is 10.1. The number of H-pyrrole nitrogens is 1. The standard InChI is InChI=1S/C30H24N4O2S3.O2S/c1-32-25-24(35)34-26-29(17-30(34,27(32)36)39-28(37)38-25,15-18-16-31-22-13-7-5-11-20(18)22)21-12-6-8-14-23(21)33(26)19-9-3-2-4-10-19;1-3-2/h2-14,16,25-26,31H,15,17H2,1H3;/t25-,26-,29?,30?;/m1./s1. The second-order valence-corrected chi connectivity index (χ2v) is 14.5. The molecule has 3 aromatic carbocycles. The molecule has 8 nitrogen and oxygen atoms in total. The predicted molar refractivity (Wildman–Crippen MR) is 170 cm³/mol. The number of nitrogens with one attached hydrogen (secondary N) is 1. The number of piperazine rings is 1. The molecule has 4 atom stereocenters. The Bertz CT molecular complexity index is 1810. The molecular formula is C30H24N4O4S4. The molecule has 5 aliphatic rings. The lowest BCUT2D eigenvalue weighted by Gasteiger charge is -2.47. The van der Waals surface area contributed by atoms with Crippen molar-refractivity contribution in [2.24, 2.45) is 0 Å². The van der Waals surface area contributed by atoms with Crippen molar-refractivity contribution in [1.82, 2.24) is 14.8 Å². The van der Waals surface area contributed by atoms with Crippen molar-refractivity contribution in [2.75, 3.05) is 11.9 Å². The van der Waals surface area contributed by atoms with Crippen LogP contribution in [0.15, 0.2) is 85.1 Å². The van der Waals surface area contributed by atoms with E-state index in [4.69, 9.17) is 20.6 Å². The highest BCUT2D eigenvalue weighted by Crippen LogP contribution is 2.66. The fourth-order valence-corrected chi connectivity index (χ4v) is 10.6. The average Bonchev–Trinajstić information content (AvgIpc) is 3.57. The third-order valence-corrected chi connectivity index (χ3v) is 11.8. The maximum atomic E-state index is 14.4. The number of rotatable bonds is 3. The van der Waals surface area contributed by atoms with Crippen molar-refractivity contribution in [1.29, 1.82) is 0 Å². The van der Waals surface area contributed by atoms with E-state index in [1.807, 2.05) is 29.2 Å². The van der Waals surface area contributed by atoms with Crippen LogP contribution >= 0.6 is 35.7 Å². The molecule has 1 aromatic heterocycles. The Labute approximate surface area is 259 Å². The van der Waals surface area contributed by atoms with Gasteiger partial charge in [0, 0.05) is 47.4 Å². The monoisotopic (exact) mass is 632 g/mol. The van der Waals surface area contributed by atoms with Crippen LogP contribution in [-0.4, -0.2) is 62.0 Å². The fraction of sp³-hybridized carbons (Fsp3) is 0.233. The van der Waals surface area contributed by atoms with Gasteiger partial charge in [0.1, 0.15) is 9.69 Å². The van der Waals surface area contributed by atoms with Crippen molar-refractivity contribution in [3.05, 3.63) is 96.2 Å². The van der Waals surface area contributed by atoms with Gasteiger partial charge in [-0.05, 0) is 41.8 Å². The van der Waals surface area contributed by atoms with Crippen LogP contribution in [0, 0.1) is 0 Å². The summed E-state index contributed by atoms with van der Waals surface area (Å²) in [5.41, 5.74) is 4.97. The lowest BCUT2D eigenvalue weighted by Crippen LogP contribution is -2.68. The Morgan fingerprint density at radius 2 is 1.69 bits per heavy atom. The Hall–Kier alpha value is -3.45. The molecule has 4 aromatic rings. The molecule has 1 N–H and O–H groups in total. The summed E-state index contributed by atoms with van der Waals surface area (Å²) in [6.45, 7) is 0. The summed E-state index contributed by atoms with van der Waals surface area (Å²) in [4.78, 5) is 36.8. The highest BCUT2D eigenvalue weighted by atomic mass is 32.2. The largest absolute Gasteiger partial charge is 0.361 e. The zero-order chi connectivity index (χ0) is 29.2. The van der Waals surface area contributed by atoms with Crippen LogP contribution in [0.1, 0.15) is 17.5 Å². The van der Waals surface area contributed by atoms with Gasteiger partial charge in [0.15, 0.2) is 10.2 Å². The molecule has 0 saturated carbocycles. The SMILES string of the molecule is CN1C(=O)C23CC4(Cc5c[nH]c6ccccc56)c5ccccc5N(c5ccccc5)[C@@H]4N2C(=O)[C@H]1SC(=S)S3.O=S=O. The van der Waals surface area contributed by atoms with E-state index in [1.54, 1.807) is 11.9 Å². The maximum absolute atomic E-state index is 14.4. The zero-order valence-corrected chi connectivity index (χ0v) is 25.5. The van der Waals surface area contributed by atoms with Crippen LogP contribution < -0.4 is 4.90 Å². The van der Waals surface area contributed by atoms with E-state index in [9.17, 15) is 9.59 Å². The summed E-state index contributed by atoms with van der Waals surface area (Å²) in [7, 11) is 1.74. The first-order chi connectivity index (χ1) is 20.4. The van der Waals surface area contributed by atoms with Gasteiger partial charge in [-0.1, -0.05) is 90.3 Å². The highest BCUT2D eigenvalue weighted by Gasteiger charge is 2.74. The van der Waals surface area contributed by atoms with Crippen LogP contribution in [0.25, 0.3) is 10.9 Å². The Kier molecular flexibility index (Phi) is 6.57. The first kappa shape index (κ1) is 27.4. The van der Waals surface area contributed by atoms with Crippen LogP contribution in [0.5, 0.6) is 0 Å². The summed E-state index contributed by atoms with van der Waals surface area (Å²) in [5, 5.41) is 0.511. The molecule has 12 heteroatoms. The number of nitrogens with zero attached hydrogens (tertiary/aromatic N) is 3. The molecule has 42 heavy (non-hydrogen) atoms. The summed E-state index contributed by atoms with van der Waals surface area (Å²) >= 11 is 7.74. The summed E-state index contributed by atoms with van der Waals surface area (Å²) in [6, 6.07) is 27.0. The third kappa shape index (κ3) is 3.71. The van der Waals surface area contributed by atoms with Crippen molar-refractivity contribution < 1.29 is 18.0 Å². The zero-order valence-electron chi connectivity index (χ0n) is 22.3. The molecule has 1 spiro atoms. The van der Waals surface area contributed by atoms with Gasteiger partial charge in [-0.3, -0.25) is 14.5 Å². The van der Waals surface area contributed by atoms with Crippen molar-refractivity contribution in [3.8, 4) is 0 Å². The molecule has 0 radical (unpaired) electrons. The number of anilines is 2. The Morgan fingerprint density at radius 3 is 2.48 bits per heavy atom. The minimum absolute atomic E-state index is 0.0392. The average molecular weight is 633 g/mol. The number of likely N-dealkylation sites (N-methyl/N-ethyl adjacent to an activating group) is 1. The quantitative estimate of drug-likeness (QED) is 0.318. The number of carbonyl (C=O) groups excluding carboxylic acids is 2. The Morgan fingerprint density at radius 1 is 1.00 bits per heavy atom. The number of hydrogen-bond acceptors (Lipinski definition) is 8. The highest BCUT2D eigenvalue weighted by molar-refractivity contribution is 8.48. The third-order valence-electron chi connectivity index (χ3n) is 8.76. The number of thioether (sulfide) groups is 2. The van der Waals surface area contributed by atoms with Crippen LogP contribution in [0.2, 0.25) is 0 Å². The number of aromatic amines is 1. The van der Waals surface area contributed by atoms with Crippen LogP contribution in [0.4, 0.5) is 11.4 Å². The number of amides is 2. The number of fused-ring (bicyclic) bond motifs is 7. The van der Waals surface area contributed by atoms with E-state index in [-0.39, 0.29) is 18.0 Å². The van der Waals surface area contributed by atoms with E-state index in [1.165, 1.54) is 34.5 Å². The summed E-state index contributed by atoms with van der Waals surface area (Å²) in [5.74, 6) is -0.0865. The van der Waals surface area contributed by atoms with Crippen LogP contribution in [0.3, 0.4) is 0 Å². The molecule has 2 bridgehead atoms. The van der Waals surface area contributed by atoms with Gasteiger partial charge in [-0.2, -0.15) is 8.42 Å². The van der Waals surface area contributed by atoms with Gasteiger partial charge in [-0.25, -0.2) is 0 Å². The van der Waals surface area contributed by atoms with Gasteiger partial charge < -0.3 is 14.8 Å². The van der Waals surface area contributed by atoms with Crippen molar-refractivity contribution in [3.63, 3.8) is 0 Å². The normalized spacial score (nSPS) is 27.4. The molecular weight excluding hydrogens is 609 g/mol. The fourth-order valence-electron chi connectivity index (χ4n) is 7.27. The molecule has 2 unspecified atom stereocenters. The molecule has 0 aliphatic carbocycles. The van der Waals surface area contributed by atoms with E-state index >= 15 is 0 Å². The number of thiocarbonyl (C=S) groups is 1. The van der Waals surface area contributed by atoms with E-state index in [0.29, 0.717) is 16.4 Å². The number of benzene rings is 3. The molecule has 6 heterocycles. The summed E-state index contributed by atoms with van der Waals surface area (Å²) in [6.07, 6.45) is 2.87. The molecule has 212 valence electrons. The van der Waals surface area contributed by atoms with Crippen molar-refractivity contribution in [2.45, 2.75) is 34.7 Å². The number of carbonyl (C=O) groups is 2. The predicted octanol–water partition coefficient (Wildman–Crippen LogP) is 4.95. The topological polar surface area (TPSA) is 93.8 Å². The molecule has 4 fully saturated rings. The van der Waals surface area contributed by atoms with Gasteiger partial charge in [0.05, 0.1) is 0 Å². The lowest BCUT2D eigenvalue weighted by atomic mass is 9.73. The molecule has 9 rings (SSSR count). The molecule has 2 amide bonds. The summed E-state index contributed by atoms with van der Waals surface area (Å²) < 4.78 is 17.2. The number of aromatic nitrogens is 1. The van der Waals surface area contributed by atoms with Gasteiger partial charge >= 0.3 is 11.6 Å². The lowest BCUT2D eigenvalue weighted by molar-refractivity contribution is -0.157. The molecule has 4 saturated heterocycles. The smallest absolute Gasteiger partial charge is 0.335 e. The first-order valence-corrected chi connectivity index (χ1v) is 16.0. The maximum Gasteiger partial charge on any atom is 0.335 e. The van der Waals surface area contributed by atoms with Gasteiger partial charge in [0.2, 0.25) is 0 Å².